The van der Waals surface area contributed by atoms with Gasteiger partial charge < -0.3 is 15.2 Å². The molecule has 0 spiro atoms. The van der Waals surface area contributed by atoms with Crippen LogP contribution >= 0.6 is 0 Å². The highest BCUT2D eigenvalue weighted by molar-refractivity contribution is 6.01. The number of amides is 2. The van der Waals surface area contributed by atoms with Gasteiger partial charge in [-0.05, 0) is 34.4 Å². The number of aromatic nitrogens is 1. The molecule has 8 nitrogen and oxygen atoms in total. The molecule has 10 heteroatoms. The highest BCUT2D eigenvalue weighted by Crippen LogP contribution is 2.44. The molecule has 35 heavy (non-hydrogen) atoms. The molecule has 180 valence electrons. The number of nitrogens with one attached hydrogen (secondary N) is 2. The van der Waals surface area contributed by atoms with E-state index in [2.05, 4.69) is 10.3 Å². The second-order valence-corrected chi connectivity index (χ2v) is 7.86. The molecule has 0 radical (unpaired) electrons. The Morgan fingerprint density at radius 3 is 2.20 bits per heavy atom. The minimum Gasteiger partial charge on any atom is -0.481 e. The van der Waals surface area contributed by atoms with Crippen molar-refractivity contribution >= 4 is 23.7 Å². The van der Waals surface area contributed by atoms with Gasteiger partial charge in [-0.15, -0.1) is 0 Å². The van der Waals surface area contributed by atoms with Crippen molar-refractivity contribution in [3.63, 3.8) is 0 Å². The fourth-order valence-corrected chi connectivity index (χ4v) is 4.06. The molecule has 1 aliphatic carbocycles. The number of aliphatic carboxylic acids is 1. The number of nitrogens with zero attached hydrogens (tertiary/aromatic N) is 1. The third kappa shape index (κ3) is 5.26. The van der Waals surface area contributed by atoms with E-state index in [1.165, 1.54) is 18.3 Å². The van der Waals surface area contributed by atoms with E-state index in [9.17, 15) is 23.2 Å². The molecule has 1 atom stereocenters. The molecule has 3 aromatic rings. The van der Waals surface area contributed by atoms with Crippen molar-refractivity contribution in [2.75, 3.05) is 11.9 Å². The topological polar surface area (TPSA) is 118 Å². The molecule has 1 heterocycles. The lowest BCUT2D eigenvalue weighted by molar-refractivity contribution is -0.138. The van der Waals surface area contributed by atoms with Crippen LogP contribution in [0.5, 0.6) is 0 Å². The van der Waals surface area contributed by atoms with Gasteiger partial charge in [-0.1, -0.05) is 48.5 Å². The Balaban J connectivity index is 1.44. The van der Waals surface area contributed by atoms with Crippen LogP contribution < -0.4 is 10.6 Å². The van der Waals surface area contributed by atoms with Gasteiger partial charge in [-0.25, -0.2) is 18.6 Å². The zero-order valence-corrected chi connectivity index (χ0v) is 18.3. The lowest BCUT2D eigenvalue weighted by Crippen LogP contribution is -2.42. The Morgan fingerprint density at radius 1 is 0.971 bits per heavy atom. The van der Waals surface area contributed by atoms with E-state index in [1.54, 1.807) is 0 Å². The minimum atomic E-state index is -3.10. The smallest absolute Gasteiger partial charge is 0.411 e. The summed E-state index contributed by atoms with van der Waals surface area (Å²) in [5, 5.41) is 13.2. The minimum absolute atomic E-state index is 0.0354. The maximum absolute atomic E-state index is 13.1. The molecule has 2 aromatic carbocycles. The molecule has 0 bridgehead atoms. The molecule has 1 aliphatic rings. The van der Waals surface area contributed by atoms with Crippen molar-refractivity contribution in [2.45, 2.75) is 24.8 Å². The van der Waals surface area contributed by atoms with Gasteiger partial charge in [0.2, 0.25) is 0 Å². The third-order valence-electron chi connectivity index (χ3n) is 5.62. The van der Waals surface area contributed by atoms with Gasteiger partial charge in [0.05, 0.1) is 12.1 Å². The van der Waals surface area contributed by atoms with Crippen molar-refractivity contribution < 1.29 is 33.0 Å². The first-order chi connectivity index (χ1) is 16.8. The van der Waals surface area contributed by atoms with Crippen molar-refractivity contribution in [3.05, 3.63) is 83.7 Å². The number of carbonyl (C=O) groups is 3. The predicted octanol–water partition coefficient (Wildman–Crippen LogP) is 4.28. The van der Waals surface area contributed by atoms with Crippen LogP contribution in [0.4, 0.5) is 19.3 Å². The first-order valence-corrected chi connectivity index (χ1v) is 10.7. The monoisotopic (exact) mass is 481 g/mol. The van der Waals surface area contributed by atoms with E-state index in [0.717, 1.165) is 22.3 Å². The van der Waals surface area contributed by atoms with E-state index in [-0.39, 0.29) is 23.9 Å². The molecular formula is C25H21F2N3O5. The zero-order chi connectivity index (χ0) is 24.9. The standard InChI is InChI=1S/C25H21F2N3O5/c26-23(27)20(12-21(31)32)29-24(33)22-19(10-5-11-28-22)30-25(34)35-13-18-16-8-3-1-6-14(16)15-7-2-4-9-17(15)18/h1-11,18,20,23H,12-13H2,(H,29,33)(H,30,34)(H,31,32). The number of alkyl halides is 2. The number of fused-ring (bicyclic) bond motifs is 3. The van der Waals surface area contributed by atoms with E-state index in [1.807, 2.05) is 53.8 Å². The van der Waals surface area contributed by atoms with Gasteiger partial charge in [-0.3, -0.25) is 14.9 Å². The summed E-state index contributed by atoms with van der Waals surface area (Å²) in [6.45, 7) is 0.0354. The molecule has 2 amide bonds. The van der Waals surface area contributed by atoms with Crippen LogP contribution in [0.2, 0.25) is 0 Å². The fraction of sp³-hybridized carbons (Fsp3) is 0.200. The molecule has 1 aromatic heterocycles. The number of pyridine rings is 1. The van der Waals surface area contributed by atoms with Crippen LogP contribution in [0, 0.1) is 0 Å². The van der Waals surface area contributed by atoms with E-state index in [4.69, 9.17) is 9.84 Å². The zero-order valence-electron chi connectivity index (χ0n) is 18.3. The van der Waals surface area contributed by atoms with E-state index in [0.29, 0.717) is 0 Å². The summed E-state index contributed by atoms with van der Waals surface area (Å²) in [4.78, 5) is 39.7. The number of hydrogen-bond donors (Lipinski definition) is 3. The predicted molar refractivity (Wildman–Crippen MR) is 122 cm³/mol. The Morgan fingerprint density at radius 2 is 1.60 bits per heavy atom. The number of benzene rings is 2. The molecule has 0 saturated heterocycles. The molecular weight excluding hydrogens is 460 g/mol. The third-order valence-corrected chi connectivity index (χ3v) is 5.62. The second-order valence-electron chi connectivity index (χ2n) is 7.86. The van der Waals surface area contributed by atoms with Crippen molar-refractivity contribution in [1.29, 1.82) is 0 Å². The summed E-state index contributed by atoms with van der Waals surface area (Å²) in [5.74, 6) is -2.72. The van der Waals surface area contributed by atoms with Crippen LogP contribution in [0.3, 0.4) is 0 Å². The van der Waals surface area contributed by atoms with Gasteiger partial charge in [0.25, 0.3) is 12.3 Å². The maximum Gasteiger partial charge on any atom is 0.411 e. The molecule has 0 fully saturated rings. The summed E-state index contributed by atoms with van der Waals surface area (Å²) >= 11 is 0. The Bertz CT molecular complexity index is 1220. The van der Waals surface area contributed by atoms with E-state index >= 15 is 0 Å². The highest BCUT2D eigenvalue weighted by atomic mass is 19.3. The molecule has 1 unspecified atom stereocenters. The van der Waals surface area contributed by atoms with Gasteiger partial charge in [-0.2, -0.15) is 0 Å². The summed E-state index contributed by atoms with van der Waals surface area (Å²) < 4.78 is 31.7. The summed E-state index contributed by atoms with van der Waals surface area (Å²) in [6.07, 6.45) is -3.68. The quantitative estimate of drug-likeness (QED) is 0.442. The molecule has 0 saturated carbocycles. The molecule has 4 rings (SSSR count). The molecule has 3 N–H and O–H groups in total. The number of rotatable bonds is 8. The number of carbonyl (C=O) groups excluding carboxylic acids is 2. The van der Waals surface area contributed by atoms with Crippen LogP contribution in [0.1, 0.15) is 34.0 Å². The number of hydrogen-bond acceptors (Lipinski definition) is 5. The van der Waals surface area contributed by atoms with Crippen LogP contribution in [-0.2, 0) is 9.53 Å². The van der Waals surface area contributed by atoms with E-state index < -0.39 is 36.9 Å². The summed E-state index contributed by atoms with van der Waals surface area (Å²) in [7, 11) is 0. The van der Waals surface area contributed by atoms with Gasteiger partial charge in [0, 0.05) is 12.1 Å². The number of halogens is 2. The number of ether oxygens (including phenoxy) is 1. The Hall–Kier alpha value is -4.34. The first kappa shape index (κ1) is 23.8. The average molecular weight is 481 g/mol. The largest absolute Gasteiger partial charge is 0.481 e. The highest BCUT2D eigenvalue weighted by Gasteiger charge is 2.30. The summed E-state index contributed by atoms with van der Waals surface area (Å²) in [5.41, 5.74) is 3.78. The van der Waals surface area contributed by atoms with Crippen LogP contribution in [0.15, 0.2) is 66.9 Å². The number of anilines is 1. The SMILES string of the molecule is O=C(O)CC(NC(=O)c1ncccc1NC(=O)OCC1c2ccccc2-c2ccccc21)C(F)F. The van der Waals surface area contributed by atoms with Gasteiger partial charge in [0.1, 0.15) is 12.6 Å². The first-order valence-electron chi connectivity index (χ1n) is 10.7. The molecule has 0 aliphatic heterocycles. The maximum atomic E-state index is 13.1. The fourth-order valence-electron chi connectivity index (χ4n) is 4.06. The van der Waals surface area contributed by atoms with Gasteiger partial charge >= 0.3 is 12.1 Å². The normalized spacial score (nSPS) is 13.0. The Kier molecular flexibility index (Phi) is 7.00. The van der Waals surface area contributed by atoms with Crippen molar-refractivity contribution in [3.8, 4) is 11.1 Å². The lowest BCUT2D eigenvalue weighted by Gasteiger charge is -2.17. The second kappa shape index (κ2) is 10.3. The van der Waals surface area contributed by atoms with Crippen molar-refractivity contribution in [2.24, 2.45) is 0 Å². The van der Waals surface area contributed by atoms with Crippen LogP contribution in [-0.4, -0.2) is 47.1 Å². The number of carboxylic acid groups (broad SMARTS) is 1. The van der Waals surface area contributed by atoms with Crippen molar-refractivity contribution in [1.82, 2.24) is 10.3 Å². The Labute approximate surface area is 199 Å². The lowest BCUT2D eigenvalue weighted by atomic mass is 9.98. The van der Waals surface area contributed by atoms with Crippen LogP contribution in [0.25, 0.3) is 11.1 Å². The van der Waals surface area contributed by atoms with Gasteiger partial charge in [0.15, 0.2) is 5.69 Å². The number of carboxylic acids is 1. The summed E-state index contributed by atoms with van der Waals surface area (Å²) in [6, 6.07) is 16.6. The average Bonchev–Trinajstić information content (AvgIpc) is 3.16.